The zero-order chi connectivity index (χ0) is 17.6. The van der Waals surface area contributed by atoms with E-state index >= 15 is 0 Å². The lowest BCUT2D eigenvalue weighted by Gasteiger charge is -2.11. The molecule has 5 heteroatoms. The number of carbonyl (C=O) groups excluding carboxylic acids is 1. The average molecular weight is 315 g/mol. The molecule has 0 aliphatic heterocycles. The predicted molar refractivity (Wildman–Crippen MR) is 93.6 cm³/mol. The quantitative estimate of drug-likeness (QED) is 0.588. The van der Waals surface area contributed by atoms with Crippen LogP contribution in [0.3, 0.4) is 0 Å². The van der Waals surface area contributed by atoms with Gasteiger partial charge >= 0.3 is 0 Å². The van der Waals surface area contributed by atoms with Crippen molar-refractivity contribution in [2.24, 2.45) is 0 Å². The summed E-state index contributed by atoms with van der Waals surface area (Å²) < 4.78 is 13.5. The van der Waals surface area contributed by atoms with Gasteiger partial charge in [0.1, 0.15) is 5.82 Å². The Morgan fingerprint density at radius 3 is 2.39 bits per heavy atom. The molecule has 0 saturated heterocycles. The van der Waals surface area contributed by atoms with E-state index in [0.29, 0.717) is 22.5 Å². The maximum absolute atomic E-state index is 13.5. The largest absolute Gasteiger partial charge is 0.398 e. The van der Waals surface area contributed by atoms with Crippen LogP contribution in [0, 0.1) is 18.2 Å². The van der Waals surface area contributed by atoms with Crippen LogP contribution < -0.4 is 11.1 Å². The molecule has 0 unspecified atom stereocenters. The van der Waals surface area contributed by atoms with E-state index < -0.39 is 5.82 Å². The summed E-state index contributed by atoms with van der Waals surface area (Å²) in [6.45, 7) is 7.16. The fourth-order valence-corrected chi connectivity index (χ4v) is 2.09. The standard InChI is InChI=1S/C16H16FN3O.C2H6/c1-9-5-11(7-12(17)6-9)16(19)14-8-13(20-10(2)21)3-4-15(14)18;1-2/h3-8,19H,18H2,1-2H3,(H,20,21);1-2H3. The normalized spacial score (nSPS) is 9.61. The van der Waals surface area contributed by atoms with Crippen molar-refractivity contribution in [3.05, 3.63) is 58.9 Å². The number of hydrogen-bond acceptors (Lipinski definition) is 3. The molecule has 0 radical (unpaired) electrons. The van der Waals surface area contributed by atoms with Crippen LogP contribution >= 0.6 is 0 Å². The number of halogens is 1. The van der Waals surface area contributed by atoms with E-state index in [1.807, 2.05) is 13.8 Å². The third kappa shape index (κ3) is 4.92. The highest BCUT2D eigenvalue weighted by Gasteiger charge is 2.11. The predicted octanol–water partition coefficient (Wildman–Crippen LogP) is 4.12. The summed E-state index contributed by atoms with van der Waals surface area (Å²) in [5.41, 5.74) is 8.57. The Balaban J connectivity index is 0.00000127. The second kappa shape index (κ2) is 8.08. The number of hydrogen-bond donors (Lipinski definition) is 3. The van der Waals surface area contributed by atoms with Crippen LogP contribution in [0.2, 0.25) is 0 Å². The van der Waals surface area contributed by atoms with E-state index in [-0.39, 0.29) is 11.6 Å². The maximum atomic E-state index is 13.5. The fraction of sp³-hybridized carbons (Fsp3) is 0.222. The van der Waals surface area contributed by atoms with Gasteiger partial charge in [0.15, 0.2) is 0 Å². The molecule has 2 aromatic carbocycles. The van der Waals surface area contributed by atoms with E-state index in [0.717, 1.165) is 5.56 Å². The highest BCUT2D eigenvalue weighted by Crippen LogP contribution is 2.22. The first-order valence-electron chi connectivity index (χ1n) is 7.40. The van der Waals surface area contributed by atoms with Crippen LogP contribution in [0.1, 0.15) is 37.5 Å². The van der Waals surface area contributed by atoms with E-state index in [1.165, 1.54) is 19.1 Å². The molecule has 23 heavy (non-hydrogen) atoms. The van der Waals surface area contributed by atoms with Crippen molar-refractivity contribution < 1.29 is 9.18 Å². The lowest BCUT2D eigenvalue weighted by molar-refractivity contribution is -0.114. The molecule has 4 N–H and O–H groups in total. The van der Waals surface area contributed by atoms with Crippen molar-refractivity contribution >= 4 is 23.0 Å². The number of benzene rings is 2. The molecule has 0 aliphatic carbocycles. The third-order valence-electron chi connectivity index (χ3n) is 2.97. The van der Waals surface area contributed by atoms with Crippen molar-refractivity contribution in [2.45, 2.75) is 27.7 Å². The van der Waals surface area contributed by atoms with Gasteiger partial charge in [0, 0.05) is 29.4 Å². The van der Waals surface area contributed by atoms with Crippen molar-refractivity contribution in [2.75, 3.05) is 11.1 Å². The van der Waals surface area contributed by atoms with Crippen LogP contribution in [-0.4, -0.2) is 11.6 Å². The van der Waals surface area contributed by atoms with Gasteiger partial charge in [0.25, 0.3) is 0 Å². The highest BCUT2D eigenvalue weighted by molar-refractivity contribution is 6.14. The number of nitrogen functional groups attached to an aromatic ring is 1. The van der Waals surface area contributed by atoms with Crippen molar-refractivity contribution in [3.63, 3.8) is 0 Å². The second-order valence-corrected chi connectivity index (χ2v) is 4.88. The molecule has 122 valence electrons. The van der Waals surface area contributed by atoms with Crippen molar-refractivity contribution in [1.29, 1.82) is 5.41 Å². The Morgan fingerprint density at radius 1 is 1.17 bits per heavy atom. The van der Waals surface area contributed by atoms with E-state index in [9.17, 15) is 9.18 Å². The molecule has 0 saturated carbocycles. The minimum Gasteiger partial charge on any atom is -0.398 e. The van der Waals surface area contributed by atoms with E-state index in [2.05, 4.69) is 5.32 Å². The molecular weight excluding hydrogens is 293 g/mol. The number of nitrogens with two attached hydrogens (primary N) is 1. The Kier molecular flexibility index (Phi) is 6.45. The lowest BCUT2D eigenvalue weighted by Crippen LogP contribution is -2.10. The number of amides is 1. The monoisotopic (exact) mass is 315 g/mol. The van der Waals surface area contributed by atoms with Crippen molar-refractivity contribution in [1.82, 2.24) is 0 Å². The Morgan fingerprint density at radius 2 is 1.83 bits per heavy atom. The number of rotatable bonds is 3. The molecule has 0 aliphatic rings. The van der Waals surface area contributed by atoms with E-state index in [1.54, 1.807) is 31.2 Å². The second-order valence-electron chi connectivity index (χ2n) is 4.88. The Hall–Kier alpha value is -2.69. The average Bonchev–Trinajstić information content (AvgIpc) is 2.49. The van der Waals surface area contributed by atoms with Crippen LogP contribution in [0.15, 0.2) is 36.4 Å². The van der Waals surface area contributed by atoms with Gasteiger partial charge in [-0.15, -0.1) is 0 Å². The van der Waals surface area contributed by atoms with Gasteiger partial charge in [-0.3, -0.25) is 10.2 Å². The van der Waals surface area contributed by atoms with Crippen LogP contribution in [0.5, 0.6) is 0 Å². The van der Waals surface area contributed by atoms with E-state index in [4.69, 9.17) is 11.1 Å². The van der Waals surface area contributed by atoms with Gasteiger partial charge in [0.05, 0.1) is 5.71 Å². The van der Waals surface area contributed by atoms with Gasteiger partial charge in [-0.2, -0.15) is 0 Å². The molecule has 0 atom stereocenters. The fourth-order valence-electron chi connectivity index (χ4n) is 2.09. The molecular formula is C18H22FN3O. The molecule has 1 amide bonds. The maximum Gasteiger partial charge on any atom is 0.221 e. The first-order chi connectivity index (χ1) is 10.9. The minimum absolute atomic E-state index is 0.113. The van der Waals surface area contributed by atoms with Gasteiger partial charge in [-0.1, -0.05) is 13.8 Å². The summed E-state index contributed by atoms with van der Waals surface area (Å²) in [5, 5.41) is 10.9. The van der Waals surface area contributed by atoms with Gasteiger partial charge in [0.2, 0.25) is 5.91 Å². The first kappa shape index (κ1) is 18.4. The third-order valence-corrected chi connectivity index (χ3v) is 2.97. The minimum atomic E-state index is -0.397. The summed E-state index contributed by atoms with van der Waals surface area (Å²) in [7, 11) is 0. The molecule has 0 bridgehead atoms. The lowest BCUT2D eigenvalue weighted by atomic mass is 9.99. The Bertz CT molecular complexity index is 706. The number of anilines is 2. The summed E-state index contributed by atoms with van der Waals surface area (Å²) in [6, 6.07) is 9.29. The molecule has 4 nitrogen and oxygen atoms in total. The molecule has 0 spiro atoms. The molecule has 0 heterocycles. The molecule has 2 aromatic rings. The van der Waals surface area contributed by atoms with Gasteiger partial charge < -0.3 is 11.1 Å². The SMILES string of the molecule is CC.CC(=O)Nc1ccc(N)c(C(=N)c2cc(C)cc(F)c2)c1. The highest BCUT2D eigenvalue weighted by atomic mass is 19.1. The van der Waals surface area contributed by atoms with Crippen LogP contribution in [0.4, 0.5) is 15.8 Å². The number of nitrogens with one attached hydrogen (secondary N) is 2. The molecule has 0 aromatic heterocycles. The summed E-state index contributed by atoms with van der Waals surface area (Å²) in [4.78, 5) is 11.1. The number of carbonyl (C=O) groups is 1. The Labute approximate surface area is 136 Å². The summed E-state index contributed by atoms with van der Waals surface area (Å²) in [5.74, 6) is -0.606. The zero-order valence-electron chi connectivity index (χ0n) is 13.8. The van der Waals surface area contributed by atoms with Crippen LogP contribution in [0.25, 0.3) is 0 Å². The van der Waals surface area contributed by atoms with Gasteiger partial charge in [-0.05, 0) is 48.9 Å². The first-order valence-corrected chi connectivity index (χ1v) is 7.40. The topological polar surface area (TPSA) is 79.0 Å². The summed E-state index contributed by atoms with van der Waals surface area (Å²) in [6.07, 6.45) is 0. The summed E-state index contributed by atoms with van der Waals surface area (Å²) >= 11 is 0. The zero-order valence-corrected chi connectivity index (χ0v) is 13.8. The molecule has 0 fully saturated rings. The van der Waals surface area contributed by atoms with Gasteiger partial charge in [-0.25, -0.2) is 4.39 Å². The smallest absolute Gasteiger partial charge is 0.221 e. The van der Waals surface area contributed by atoms with Crippen molar-refractivity contribution in [3.8, 4) is 0 Å². The molecule has 2 rings (SSSR count). The number of aryl methyl sites for hydroxylation is 1. The van der Waals surface area contributed by atoms with Crippen LogP contribution in [-0.2, 0) is 4.79 Å².